The normalized spacial score (nSPS) is 10.6. The SMILES string of the molecule is O=C(Nc1ccc(Br)c2ccccc12)c1ccncc1F. The molecular weight excluding hydrogens is 335 g/mol. The molecular formula is C16H10BrFN2O. The molecule has 0 bridgehead atoms. The number of carbonyl (C=O) groups excluding carboxylic acids is 1. The Hall–Kier alpha value is -2.27. The van der Waals surface area contributed by atoms with Crippen LogP contribution in [0.25, 0.3) is 10.8 Å². The van der Waals surface area contributed by atoms with E-state index in [0.29, 0.717) is 5.69 Å². The second kappa shape index (κ2) is 5.61. The maximum Gasteiger partial charge on any atom is 0.258 e. The first kappa shape index (κ1) is 13.7. The Labute approximate surface area is 128 Å². The number of benzene rings is 2. The predicted octanol–water partition coefficient (Wildman–Crippen LogP) is 4.39. The van der Waals surface area contributed by atoms with Gasteiger partial charge in [-0.25, -0.2) is 4.39 Å². The molecule has 0 saturated heterocycles. The fraction of sp³-hybridized carbons (Fsp3) is 0. The Morgan fingerprint density at radius 3 is 2.62 bits per heavy atom. The van der Waals surface area contributed by atoms with E-state index in [1.165, 1.54) is 12.3 Å². The van der Waals surface area contributed by atoms with Crippen molar-refractivity contribution in [1.82, 2.24) is 4.98 Å². The van der Waals surface area contributed by atoms with Crippen LogP contribution >= 0.6 is 15.9 Å². The molecule has 0 aliphatic carbocycles. The third kappa shape index (κ3) is 2.64. The van der Waals surface area contributed by atoms with Crippen LogP contribution in [0, 0.1) is 5.82 Å². The highest BCUT2D eigenvalue weighted by atomic mass is 79.9. The van der Waals surface area contributed by atoms with Gasteiger partial charge < -0.3 is 5.32 Å². The fourth-order valence-electron chi connectivity index (χ4n) is 2.12. The number of fused-ring (bicyclic) bond motifs is 1. The van der Waals surface area contributed by atoms with Gasteiger partial charge in [-0.15, -0.1) is 0 Å². The summed E-state index contributed by atoms with van der Waals surface area (Å²) in [5.74, 6) is -1.14. The molecule has 21 heavy (non-hydrogen) atoms. The van der Waals surface area contributed by atoms with Crippen molar-refractivity contribution >= 4 is 38.3 Å². The second-order valence-electron chi connectivity index (χ2n) is 4.45. The first-order chi connectivity index (χ1) is 10.2. The summed E-state index contributed by atoms with van der Waals surface area (Å²) in [5, 5.41) is 4.60. The third-order valence-corrected chi connectivity index (χ3v) is 3.83. The van der Waals surface area contributed by atoms with Crippen molar-refractivity contribution in [3.63, 3.8) is 0 Å². The lowest BCUT2D eigenvalue weighted by Gasteiger charge is -2.10. The molecule has 1 heterocycles. The summed E-state index contributed by atoms with van der Waals surface area (Å²) in [6.45, 7) is 0. The first-order valence-electron chi connectivity index (χ1n) is 6.25. The molecule has 5 heteroatoms. The van der Waals surface area contributed by atoms with E-state index in [4.69, 9.17) is 0 Å². The summed E-state index contributed by atoms with van der Waals surface area (Å²) in [5.41, 5.74) is 0.604. The van der Waals surface area contributed by atoms with E-state index in [-0.39, 0.29) is 5.56 Å². The van der Waals surface area contributed by atoms with Gasteiger partial charge in [0.1, 0.15) is 0 Å². The quantitative estimate of drug-likeness (QED) is 0.749. The van der Waals surface area contributed by atoms with Crippen molar-refractivity contribution in [2.45, 2.75) is 0 Å². The molecule has 0 aliphatic rings. The summed E-state index contributed by atoms with van der Waals surface area (Å²) in [6.07, 6.45) is 2.41. The molecule has 0 radical (unpaired) electrons. The van der Waals surface area contributed by atoms with E-state index >= 15 is 0 Å². The van der Waals surface area contributed by atoms with Crippen LogP contribution in [0.1, 0.15) is 10.4 Å². The smallest absolute Gasteiger partial charge is 0.258 e. The van der Waals surface area contributed by atoms with Crippen molar-refractivity contribution < 1.29 is 9.18 Å². The molecule has 0 unspecified atom stereocenters. The van der Waals surface area contributed by atoms with Gasteiger partial charge in [0, 0.05) is 21.7 Å². The lowest BCUT2D eigenvalue weighted by atomic mass is 10.1. The van der Waals surface area contributed by atoms with Crippen molar-refractivity contribution in [3.05, 3.63) is 70.7 Å². The van der Waals surface area contributed by atoms with E-state index in [1.807, 2.05) is 30.3 Å². The maximum atomic E-state index is 13.6. The van der Waals surface area contributed by atoms with Crippen LogP contribution in [0.4, 0.5) is 10.1 Å². The maximum absolute atomic E-state index is 13.6. The van der Waals surface area contributed by atoms with Gasteiger partial charge in [0.2, 0.25) is 0 Å². The van der Waals surface area contributed by atoms with E-state index < -0.39 is 11.7 Å². The molecule has 1 N–H and O–H groups in total. The van der Waals surface area contributed by atoms with Gasteiger partial charge >= 0.3 is 0 Å². The van der Waals surface area contributed by atoms with E-state index in [9.17, 15) is 9.18 Å². The Kier molecular flexibility index (Phi) is 3.66. The van der Waals surface area contributed by atoms with Gasteiger partial charge in [0.15, 0.2) is 5.82 Å². The Bertz CT molecular complexity index is 835. The molecule has 3 aromatic rings. The molecule has 0 fully saturated rings. The number of nitrogens with zero attached hydrogens (tertiary/aromatic N) is 1. The molecule has 0 atom stereocenters. The number of hydrogen-bond acceptors (Lipinski definition) is 2. The molecule has 1 amide bonds. The second-order valence-corrected chi connectivity index (χ2v) is 5.30. The minimum atomic E-state index is -0.642. The molecule has 0 aliphatic heterocycles. The van der Waals surface area contributed by atoms with Gasteiger partial charge in [-0.2, -0.15) is 0 Å². The molecule has 3 rings (SSSR count). The number of rotatable bonds is 2. The van der Waals surface area contributed by atoms with Crippen molar-refractivity contribution in [2.24, 2.45) is 0 Å². The van der Waals surface area contributed by atoms with Crippen LogP contribution in [0.2, 0.25) is 0 Å². The minimum absolute atomic E-state index is 0.0306. The van der Waals surface area contributed by atoms with E-state index in [2.05, 4.69) is 26.2 Å². The zero-order valence-electron chi connectivity index (χ0n) is 10.8. The number of anilines is 1. The van der Waals surface area contributed by atoms with Crippen LogP contribution in [0.15, 0.2) is 59.3 Å². The largest absolute Gasteiger partial charge is 0.321 e. The standard InChI is InChI=1S/C16H10BrFN2O/c17-13-5-6-15(11-4-2-1-3-10(11)13)20-16(21)12-7-8-19-9-14(12)18/h1-9H,(H,20,21). The summed E-state index contributed by atoms with van der Waals surface area (Å²) in [4.78, 5) is 15.8. The van der Waals surface area contributed by atoms with Gasteiger partial charge in [0.05, 0.1) is 11.8 Å². The predicted molar refractivity (Wildman–Crippen MR) is 83.8 cm³/mol. The van der Waals surface area contributed by atoms with E-state index in [1.54, 1.807) is 6.07 Å². The Morgan fingerprint density at radius 1 is 1.10 bits per heavy atom. The van der Waals surface area contributed by atoms with Crippen molar-refractivity contribution in [2.75, 3.05) is 5.32 Å². The molecule has 104 valence electrons. The number of hydrogen-bond donors (Lipinski definition) is 1. The lowest BCUT2D eigenvalue weighted by Crippen LogP contribution is -2.14. The number of pyridine rings is 1. The summed E-state index contributed by atoms with van der Waals surface area (Å²) >= 11 is 3.47. The zero-order chi connectivity index (χ0) is 14.8. The number of amides is 1. The van der Waals surface area contributed by atoms with Crippen molar-refractivity contribution in [3.8, 4) is 0 Å². The fourth-order valence-corrected chi connectivity index (χ4v) is 2.60. The number of nitrogens with one attached hydrogen (secondary N) is 1. The topological polar surface area (TPSA) is 42.0 Å². The summed E-state index contributed by atoms with van der Waals surface area (Å²) in [6, 6.07) is 12.6. The third-order valence-electron chi connectivity index (χ3n) is 3.14. The summed E-state index contributed by atoms with van der Waals surface area (Å²) in [7, 11) is 0. The minimum Gasteiger partial charge on any atom is -0.321 e. The van der Waals surface area contributed by atoms with E-state index in [0.717, 1.165) is 21.4 Å². The number of carbonyl (C=O) groups is 1. The molecule has 2 aromatic carbocycles. The van der Waals surface area contributed by atoms with Gasteiger partial charge in [-0.05, 0) is 23.6 Å². The van der Waals surface area contributed by atoms with Gasteiger partial charge in [0.25, 0.3) is 5.91 Å². The van der Waals surface area contributed by atoms with Crippen LogP contribution in [-0.2, 0) is 0 Å². The highest BCUT2D eigenvalue weighted by molar-refractivity contribution is 9.10. The number of aromatic nitrogens is 1. The Morgan fingerprint density at radius 2 is 1.86 bits per heavy atom. The molecule has 0 spiro atoms. The monoisotopic (exact) mass is 344 g/mol. The van der Waals surface area contributed by atoms with Crippen molar-refractivity contribution in [1.29, 1.82) is 0 Å². The molecule has 1 aromatic heterocycles. The average molecular weight is 345 g/mol. The highest BCUT2D eigenvalue weighted by Crippen LogP contribution is 2.30. The number of halogens is 2. The van der Waals surface area contributed by atoms with Gasteiger partial charge in [-0.3, -0.25) is 9.78 Å². The Balaban J connectivity index is 2.01. The average Bonchev–Trinajstić information content (AvgIpc) is 2.51. The highest BCUT2D eigenvalue weighted by Gasteiger charge is 2.13. The van der Waals surface area contributed by atoms with Crippen LogP contribution in [0.3, 0.4) is 0 Å². The molecule has 0 saturated carbocycles. The summed E-state index contributed by atoms with van der Waals surface area (Å²) < 4.78 is 14.5. The van der Waals surface area contributed by atoms with Crippen LogP contribution < -0.4 is 5.32 Å². The zero-order valence-corrected chi connectivity index (χ0v) is 12.4. The molecule has 3 nitrogen and oxygen atoms in total. The first-order valence-corrected chi connectivity index (χ1v) is 7.04. The van der Waals surface area contributed by atoms with Gasteiger partial charge in [-0.1, -0.05) is 40.2 Å². The lowest BCUT2D eigenvalue weighted by molar-refractivity contribution is 0.102. The van der Waals surface area contributed by atoms with Crippen LogP contribution in [0.5, 0.6) is 0 Å². The van der Waals surface area contributed by atoms with Crippen LogP contribution in [-0.4, -0.2) is 10.9 Å².